The van der Waals surface area contributed by atoms with Gasteiger partial charge >= 0.3 is 5.97 Å². The third-order valence-electron chi connectivity index (χ3n) is 2.94. The van der Waals surface area contributed by atoms with Crippen LogP contribution >= 0.6 is 0 Å². The topological polar surface area (TPSA) is 38.7 Å². The highest BCUT2D eigenvalue weighted by molar-refractivity contribution is 6.12. The monoisotopic (exact) mass is 303 g/mol. The molecular formula is C16H8F3NO2. The van der Waals surface area contributed by atoms with Crippen molar-refractivity contribution in [3.63, 3.8) is 0 Å². The molecule has 1 heterocycles. The number of benzene rings is 2. The van der Waals surface area contributed by atoms with Crippen LogP contribution in [0.5, 0.6) is 0 Å². The maximum absolute atomic E-state index is 13.2. The number of esters is 1. The summed E-state index contributed by atoms with van der Waals surface area (Å²) in [6.07, 6.45) is 1.26. The lowest BCUT2D eigenvalue weighted by atomic mass is 10.2. The van der Waals surface area contributed by atoms with Gasteiger partial charge < -0.3 is 4.74 Å². The second-order valence-corrected chi connectivity index (χ2v) is 4.52. The summed E-state index contributed by atoms with van der Waals surface area (Å²) in [5.74, 6) is -3.30. The summed E-state index contributed by atoms with van der Waals surface area (Å²) in [5.41, 5.74) is 0.488. The van der Waals surface area contributed by atoms with Crippen LogP contribution in [0.1, 0.15) is 11.1 Å². The predicted octanol–water partition coefficient (Wildman–Crippen LogP) is 3.45. The van der Waals surface area contributed by atoms with Gasteiger partial charge in [0.1, 0.15) is 5.82 Å². The van der Waals surface area contributed by atoms with Crippen molar-refractivity contribution in [3.8, 4) is 0 Å². The average molecular weight is 303 g/mol. The molecule has 0 amide bonds. The van der Waals surface area contributed by atoms with Crippen LogP contribution < -0.4 is 0 Å². The number of carbonyl (C=O) groups excluding carboxylic acids is 1. The van der Waals surface area contributed by atoms with Crippen LogP contribution in [0.3, 0.4) is 0 Å². The zero-order chi connectivity index (χ0) is 15.7. The molecule has 1 aliphatic heterocycles. The van der Waals surface area contributed by atoms with Gasteiger partial charge in [0.25, 0.3) is 0 Å². The second-order valence-electron chi connectivity index (χ2n) is 4.52. The number of hydrogen-bond donors (Lipinski definition) is 0. The van der Waals surface area contributed by atoms with E-state index in [9.17, 15) is 18.0 Å². The molecule has 3 rings (SSSR count). The highest BCUT2D eigenvalue weighted by Crippen LogP contribution is 2.20. The van der Waals surface area contributed by atoms with Crippen molar-refractivity contribution in [2.24, 2.45) is 4.99 Å². The Bertz CT molecular complexity index is 828. The van der Waals surface area contributed by atoms with E-state index in [4.69, 9.17) is 4.74 Å². The van der Waals surface area contributed by atoms with E-state index >= 15 is 0 Å². The Hall–Kier alpha value is -2.89. The van der Waals surface area contributed by atoms with Gasteiger partial charge in [-0.2, -0.15) is 0 Å². The Balaban J connectivity index is 1.95. The van der Waals surface area contributed by atoms with Crippen molar-refractivity contribution in [1.82, 2.24) is 0 Å². The Labute approximate surface area is 123 Å². The summed E-state index contributed by atoms with van der Waals surface area (Å²) in [6, 6.07) is 8.60. The number of hydrogen-bond acceptors (Lipinski definition) is 3. The maximum atomic E-state index is 13.2. The highest BCUT2D eigenvalue weighted by atomic mass is 19.2. The highest BCUT2D eigenvalue weighted by Gasteiger charge is 2.24. The fraction of sp³-hybridized carbons (Fsp3) is 0. The molecule has 0 bridgehead atoms. The van der Waals surface area contributed by atoms with E-state index in [2.05, 4.69) is 4.99 Å². The van der Waals surface area contributed by atoms with Crippen molar-refractivity contribution >= 4 is 17.9 Å². The van der Waals surface area contributed by atoms with Gasteiger partial charge in [-0.15, -0.1) is 0 Å². The zero-order valence-corrected chi connectivity index (χ0v) is 11.0. The van der Waals surface area contributed by atoms with Gasteiger partial charge in [-0.25, -0.2) is 23.0 Å². The van der Waals surface area contributed by atoms with Crippen molar-refractivity contribution in [3.05, 3.63) is 76.7 Å². The minimum Gasteiger partial charge on any atom is -0.402 e. The van der Waals surface area contributed by atoms with E-state index in [1.165, 1.54) is 36.4 Å². The summed E-state index contributed by atoms with van der Waals surface area (Å²) < 4.78 is 44.1. The largest absolute Gasteiger partial charge is 0.402 e. The van der Waals surface area contributed by atoms with E-state index in [1.807, 2.05) is 0 Å². The number of cyclic esters (lactones) is 1. The van der Waals surface area contributed by atoms with E-state index in [1.54, 1.807) is 0 Å². The molecule has 6 heteroatoms. The molecule has 0 radical (unpaired) electrons. The van der Waals surface area contributed by atoms with Gasteiger partial charge in [-0.05, 0) is 42.0 Å². The van der Waals surface area contributed by atoms with Crippen LogP contribution in [-0.4, -0.2) is 11.9 Å². The SMILES string of the molecule is O=C1OC(c2cccc(F)c2)=N/C1=C/c1ccc(F)c(F)c1. The predicted molar refractivity (Wildman–Crippen MR) is 73.4 cm³/mol. The Morgan fingerprint density at radius 1 is 1.00 bits per heavy atom. The normalized spacial score (nSPS) is 15.9. The van der Waals surface area contributed by atoms with Crippen molar-refractivity contribution in [2.75, 3.05) is 0 Å². The van der Waals surface area contributed by atoms with Crippen molar-refractivity contribution in [2.45, 2.75) is 0 Å². The molecule has 3 nitrogen and oxygen atoms in total. The third-order valence-corrected chi connectivity index (χ3v) is 2.94. The van der Waals surface area contributed by atoms with Crippen LogP contribution in [0.4, 0.5) is 13.2 Å². The van der Waals surface area contributed by atoms with Gasteiger partial charge in [-0.3, -0.25) is 0 Å². The summed E-state index contributed by atoms with van der Waals surface area (Å²) in [5, 5.41) is 0. The molecule has 0 saturated heterocycles. The first-order valence-electron chi connectivity index (χ1n) is 6.26. The number of nitrogens with zero attached hydrogens (tertiary/aromatic N) is 1. The quantitative estimate of drug-likeness (QED) is 0.629. The van der Waals surface area contributed by atoms with E-state index in [-0.39, 0.29) is 17.2 Å². The van der Waals surface area contributed by atoms with Gasteiger partial charge in [0.05, 0.1) is 0 Å². The molecule has 0 fully saturated rings. The van der Waals surface area contributed by atoms with Gasteiger partial charge in [0.2, 0.25) is 5.90 Å². The van der Waals surface area contributed by atoms with E-state index < -0.39 is 23.4 Å². The van der Waals surface area contributed by atoms with Gasteiger partial charge in [0.15, 0.2) is 17.3 Å². The van der Waals surface area contributed by atoms with Crippen LogP contribution in [-0.2, 0) is 9.53 Å². The first kappa shape index (κ1) is 14.1. The first-order chi connectivity index (χ1) is 10.5. The lowest BCUT2D eigenvalue weighted by molar-refractivity contribution is -0.129. The molecule has 0 aromatic heterocycles. The van der Waals surface area contributed by atoms with Crippen LogP contribution in [0, 0.1) is 17.5 Å². The zero-order valence-electron chi connectivity index (χ0n) is 11.0. The van der Waals surface area contributed by atoms with E-state index in [0.29, 0.717) is 5.56 Å². The summed E-state index contributed by atoms with van der Waals surface area (Å²) in [4.78, 5) is 15.7. The fourth-order valence-electron chi connectivity index (χ4n) is 1.91. The summed E-state index contributed by atoms with van der Waals surface area (Å²) >= 11 is 0. The minimum atomic E-state index is -1.03. The minimum absolute atomic E-state index is 0.0432. The Kier molecular flexibility index (Phi) is 3.50. The third kappa shape index (κ3) is 2.76. The molecule has 22 heavy (non-hydrogen) atoms. The first-order valence-corrected chi connectivity index (χ1v) is 6.26. The number of halogens is 3. The number of ether oxygens (including phenoxy) is 1. The fourth-order valence-corrected chi connectivity index (χ4v) is 1.91. The smallest absolute Gasteiger partial charge is 0.363 e. The Morgan fingerprint density at radius 3 is 2.55 bits per heavy atom. The molecule has 0 aliphatic carbocycles. The van der Waals surface area contributed by atoms with Crippen molar-refractivity contribution in [1.29, 1.82) is 0 Å². The van der Waals surface area contributed by atoms with Crippen LogP contribution in [0.25, 0.3) is 6.08 Å². The number of aliphatic imine (C=N–C) groups is 1. The van der Waals surface area contributed by atoms with Gasteiger partial charge in [-0.1, -0.05) is 12.1 Å². The molecule has 2 aromatic carbocycles. The molecule has 110 valence electrons. The number of carbonyl (C=O) groups is 1. The lowest BCUT2D eigenvalue weighted by Gasteiger charge is -1.98. The molecule has 0 saturated carbocycles. The molecular weight excluding hydrogens is 295 g/mol. The molecule has 0 unspecified atom stereocenters. The lowest BCUT2D eigenvalue weighted by Crippen LogP contribution is -2.05. The van der Waals surface area contributed by atoms with Gasteiger partial charge in [0, 0.05) is 5.56 Å². The standard InChI is InChI=1S/C16H8F3NO2/c17-11-3-1-2-10(8-11)15-20-14(16(21)22-15)7-9-4-5-12(18)13(19)6-9/h1-8H/b14-7+. The second kappa shape index (κ2) is 5.48. The molecule has 1 aliphatic rings. The Morgan fingerprint density at radius 2 is 1.82 bits per heavy atom. The maximum Gasteiger partial charge on any atom is 0.363 e. The van der Waals surface area contributed by atoms with Crippen molar-refractivity contribution < 1.29 is 22.7 Å². The molecule has 0 atom stereocenters. The number of rotatable bonds is 2. The average Bonchev–Trinajstić information content (AvgIpc) is 2.84. The van der Waals surface area contributed by atoms with Crippen LogP contribution in [0.2, 0.25) is 0 Å². The van der Waals surface area contributed by atoms with E-state index in [0.717, 1.165) is 12.1 Å². The molecule has 0 spiro atoms. The summed E-state index contributed by atoms with van der Waals surface area (Å²) in [6.45, 7) is 0. The summed E-state index contributed by atoms with van der Waals surface area (Å²) in [7, 11) is 0. The molecule has 0 N–H and O–H groups in total. The molecule has 2 aromatic rings. The van der Waals surface area contributed by atoms with Crippen LogP contribution in [0.15, 0.2) is 53.2 Å².